The first kappa shape index (κ1) is 11.5. The van der Waals surface area contributed by atoms with Gasteiger partial charge in [0, 0.05) is 31.1 Å². The fourth-order valence-electron chi connectivity index (χ4n) is 1.88. The maximum absolute atomic E-state index is 6.05. The molecule has 0 saturated heterocycles. The van der Waals surface area contributed by atoms with E-state index in [9.17, 15) is 0 Å². The van der Waals surface area contributed by atoms with Gasteiger partial charge in [0.2, 0.25) is 0 Å². The molecule has 1 aliphatic rings. The van der Waals surface area contributed by atoms with Crippen LogP contribution in [0.1, 0.15) is 30.1 Å². The van der Waals surface area contributed by atoms with Crippen LogP contribution < -0.4 is 4.90 Å². The number of anilines is 1. The van der Waals surface area contributed by atoms with Gasteiger partial charge in [0.15, 0.2) is 0 Å². The van der Waals surface area contributed by atoms with E-state index >= 15 is 0 Å². The molecule has 0 unspecified atom stereocenters. The maximum atomic E-state index is 6.05. The molecule has 0 aliphatic heterocycles. The minimum atomic E-state index is 0.504. The highest BCUT2D eigenvalue weighted by Gasteiger charge is 2.27. The van der Waals surface area contributed by atoms with E-state index in [4.69, 9.17) is 16.0 Å². The lowest BCUT2D eigenvalue weighted by molar-refractivity contribution is 0.563. The fraction of sp³-hybridized carbons (Fsp3) is 0.385. The van der Waals surface area contributed by atoms with E-state index in [2.05, 4.69) is 9.97 Å². The molecule has 0 spiro atoms. The first-order valence-electron chi connectivity index (χ1n) is 5.99. The van der Waals surface area contributed by atoms with Crippen LogP contribution >= 0.6 is 11.6 Å². The second kappa shape index (κ2) is 4.61. The van der Waals surface area contributed by atoms with Crippen LogP contribution in [-0.4, -0.2) is 17.0 Å². The highest BCUT2D eigenvalue weighted by Crippen LogP contribution is 2.39. The minimum absolute atomic E-state index is 0.504. The smallest absolute Gasteiger partial charge is 0.135 e. The lowest BCUT2D eigenvalue weighted by Gasteiger charge is -2.17. The second-order valence-corrected chi connectivity index (χ2v) is 5.06. The molecule has 1 aliphatic carbocycles. The van der Waals surface area contributed by atoms with Gasteiger partial charge in [-0.2, -0.15) is 0 Å². The van der Waals surface area contributed by atoms with E-state index < -0.39 is 0 Å². The molecule has 1 fully saturated rings. The summed E-state index contributed by atoms with van der Waals surface area (Å²) in [5.41, 5.74) is 1.11. The Morgan fingerprint density at radius 1 is 1.44 bits per heavy atom. The molecule has 1 saturated carbocycles. The number of rotatable bonds is 4. The number of aromatic nitrogens is 2. The number of furan rings is 1. The first-order chi connectivity index (χ1) is 8.72. The summed E-state index contributed by atoms with van der Waals surface area (Å²) in [6.07, 6.45) is 5.75. The molecule has 94 valence electrons. The lowest BCUT2D eigenvalue weighted by Crippen LogP contribution is -2.18. The van der Waals surface area contributed by atoms with Crippen molar-refractivity contribution in [2.45, 2.75) is 25.3 Å². The number of hydrogen-bond acceptors (Lipinski definition) is 4. The van der Waals surface area contributed by atoms with Crippen LogP contribution in [0.4, 0.5) is 5.82 Å². The van der Waals surface area contributed by atoms with E-state index in [1.165, 1.54) is 12.8 Å². The van der Waals surface area contributed by atoms with Crippen molar-refractivity contribution in [3.63, 3.8) is 0 Å². The van der Waals surface area contributed by atoms with Crippen molar-refractivity contribution < 1.29 is 4.42 Å². The van der Waals surface area contributed by atoms with Gasteiger partial charge >= 0.3 is 0 Å². The second-order valence-electron chi connectivity index (χ2n) is 4.67. The highest BCUT2D eigenvalue weighted by atomic mass is 35.5. The predicted molar refractivity (Wildman–Crippen MR) is 69.8 cm³/mol. The Morgan fingerprint density at radius 3 is 2.94 bits per heavy atom. The molecule has 18 heavy (non-hydrogen) atoms. The summed E-state index contributed by atoms with van der Waals surface area (Å²) >= 11 is 6.05. The average Bonchev–Trinajstić information content (AvgIpc) is 3.08. The van der Waals surface area contributed by atoms with Crippen LogP contribution in [0, 0.1) is 0 Å². The zero-order valence-corrected chi connectivity index (χ0v) is 10.9. The van der Waals surface area contributed by atoms with E-state index in [-0.39, 0.29) is 0 Å². The monoisotopic (exact) mass is 263 g/mol. The molecule has 2 aromatic rings. The van der Waals surface area contributed by atoms with Gasteiger partial charge in [-0.1, -0.05) is 11.6 Å². The van der Waals surface area contributed by atoms with Crippen molar-refractivity contribution in [3.8, 4) is 0 Å². The molecule has 2 heterocycles. The van der Waals surface area contributed by atoms with Crippen molar-refractivity contribution in [1.29, 1.82) is 0 Å². The molecule has 0 radical (unpaired) electrons. The average molecular weight is 264 g/mol. The number of nitrogens with zero attached hydrogens (tertiary/aromatic N) is 3. The third-order valence-corrected chi connectivity index (χ3v) is 3.23. The summed E-state index contributed by atoms with van der Waals surface area (Å²) in [6.45, 7) is 0.744. The van der Waals surface area contributed by atoms with Gasteiger partial charge in [-0.15, -0.1) is 0 Å². The maximum Gasteiger partial charge on any atom is 0.135 e. The van der Waals surface area contributed by atoms with Crippen LogP contribution in [0.25, 0.3) is 0 Å². The van der Waals surface area contributed by atoms with Crippen LogP contribution in [0.3, 0.4) is 0 Å². The summed E-state index contributed by atoms with van der Waals surface area (Å²) < 4.78 is 5.06. The van der Waals surface area contributed by atoms with Crippen molar-refractivity contribution in [2.75, 3.05) is 11.9 Å². The summed E-state index contributed by atoms with van der Waals surface area (Å²) in [5, 5.41) is 0.515. The molecule has 3 rings (SSSR count). The SMILES string of the molecule is CN(Cc1ccoc1)c1cc(Cl)nc(C2CC2)n1. The first-order valence-corrected chi connectivity index (χ1v) is 6.37. The zero-order chi connectivity index (χ0) is 12.5. The van der Waals surface area contributed by atoms with Gasteiger partial charge in [0.25, 0.3) is 0 Å². The summed E-state index contributed by atoms with van der Waals surface area (Å²) in [6, 6.07) is 3.74. The number of halogens is 1. The third-order valence-electron chi connectivity index (χ3n) is 3.03. The molecule has 2 aromatic heterocycles. The highest BCUT2D eigenvalue weighted by molar-refractivity contribution is 6.29. The largest absolute Gasteiger partial charge is 0.472 e. The molecule has 0 atom stereocenters. The van der Waals surface area contributed by atoms with Gasteiger partial charge in [0.05, 0.1) is 12.5 Å². The molecule has 0 aromatic carbocycles. The van der Waals surface area contributed by atoms with E-state index in [1.54, 1.807) is 18.6 Å². The fourth-order valence-corrected chi connectivity index (χ4v) is 2.06. The third kappa shape index (κ3) is 2.48. The predicted octanol–water partition coefficient (Wildman–Crippen LogP) is 3.24. The van der Waals surface area contributed by atoms with E-state index in [0.29, 0.717) is 11.1 Å². The van der Waals surface area contributed by atoms with Crippen molar-refractivity contribution in [1.82, 2.24) is 9.97 Å². The summed E-state index contributed by atoms with van der Waals surface area (Å²) in [7, 11) is 1.99. The molecular weight excluding hydrogens is 250 g/mol. The summed E-state index contributed by atoms with van der Waals surface area (Å²) in [4.78, 5) is 10.9. The van der Waals surface area contributed by atoms with E-state index in [1.807, 2.05) is 18.0 Å². The van der Waals surface area contributed by atoms with Crippen LogP contribution in [0.5, 0.6) is 0 Å². The van der Waals surface area contributed by atoms with Crippen molar-refractivity contribution >= 4 is 17.4 Å². The van der Waals surface area contributed by atoms with Crippen LogP contribution in [0.2, 0.25) is 5.15 Å². The molecule has 5 heteroatoms. The van der Waals surface area contributed by atoms with Crippen molar-refractivity contribution in [3.05, 3.63) is 41.2 Å². The van der Waals surface area contributed by atoms with Crippen molar-refractivity contribution in [2.24, 2.45) is 0 Å². The van der Waals surface area contributed by atoms with Gasteiger partial charge in [-0.25, -0.2) is 9.97 Å². The van der Waals surface area contributed by atoms with Gasteiger partial charge < -0.3 is 9.32 Å². The normalized spacial score (nSPS) is 14.8. The molecule has 0 bridgehead atoms. The number of hydrogen-bond donors (Lipinski definition) is 0. The Labute approximate surface area is 111 Å². The molecule has 0 amide bonds. The Bertz CT molecular complexity index is 537. The minimum Gasteiger partial charge on any atom is -0.472 e. The standard InChI is InChI=1S/C13H14ClN3O/c1-17(7-9-4-5-18-8-9)12-6-11(14)15-13(16-12)10-2-3-10/h4-6,8,10H,2-3,7H2,1H3. The Balaban J connectivity index is 1.81. The Kier molecular flexibility index (Phi) is 2.96. The molecule has 0 N–H and O–H groups in total. The Morgan fingerprint density at radius 2 is 2.28 bits per heavy atom. The molecular formula is C13H14ClN3O. The van der Waals surface area contributed by atoms with Crippen LogP contribution in [-0.2, 0) is 6.54 Å². The van der Waals surface area contributed by atoms with Gasteiger partial charge in [-0.05, 0) is 18.9 Å². The van der Waals surface area contributed by atoms with Gasteiger partial charge in [0.1, 0.15) is 16.8 Å². The topological polar surface area (TPSA) is 42.2 Å². The lowest BCUT2D eigenvalue weighted by atomic mass is 10.3. The van der Waals surface area contributed by atoms with Gasteiger partial charge in [-0.3, -0.25) is 0 Å². The van der Waals surface area contributed by atoms with Crippen LogP contribution in [0.15, 0.2) is 29.1 Å². The summed E-state index contributed by atoms with van der Waals surface area (Å²) in [5.74, 6) is 2.24. The quantitative estimate of drug-likeness (QED) is 0.794. The molecule has 4 nitrogen and oxygen atoms in total. The van der Waals surface area contributed by atoms with E-state index in [0.717, 1.165) is 23.8 Å². The Hall–Kier alpha value is -1.55. The zero-order valence-electron chi connectivity index (χ0n) is 10.1.